The van der Waals surface area contributed by atoms with Crippen molar-refractivity contribution < 1.29 is 18.3 Å². The fourth-order valence-electron chi connectivity index (χ4n) is 2.53. The molecule has 0 radical (unpaired) electrons. The molecule has 0 aromatic heterocycles. The Balaban J connectivity index is 2.75. The van der Waals surface area contributed by atoms with Crippen molar-refractivity contribution in [2.24, 2.45) is 0 Å². The Morgan fingerprint density at radius 1 is 1.08 bits per heavy atom. The first-order chi connectivity index (χ1) is 11.6. The number of benzene rings is 2. The Labute approximate surface area is 156 Å². The summed E-state index contributed by atoms with van der Waals surface area (Å²) in [6, 6.07) is 7.82. The van der Waals surface area contributed by atoms with Crippen molar-refractivity contribution in [3.8, 4) is 0 Å². The quantitative estimate of drug-likeness (QED) is 0.810. The van der Waals surface area contributed by atoms with Gasteiger partial charge in [0.05, 0.1) is 20.6 Å². The monoisotopic (exact) mass is 401 g/mol. The maximum Gasteiger partial charge on any atom is 0.327 e. The minimum atomic E-state index is -4.17. The third-order valence-electron chi connectivity index (χ3n) is 3.82. The largest absolute Gasteiger partial charge is 0.480 e. The molecule has 0 saturated carbocycles. The van der Waals surface area contributed by atoms with Crippen molar-refractivity contribution in [1.82, 2.24) is 0 Å². The molecule has 0 aliphatic rings. The SMILES string of the molecule is Cc1cccc(C)c1N(C(C)C(=O)O)S(=O)(=O)c1ccc(Cl)c(Cl)c1. The van der Waals surface area contributed by atoms with Gasteiger partial charge in [0.15, 0.2) is 0 Å². The summed E-state index contributed by atoms with van der Waals surface area (Å²) in [6.45, 7) is 4.78. The average molecular weight is 402 g/mol. The van der Waals surface area contributed by atoms with E-state index in [1.807, 2.05) is 0 Å². The molecule has 0 saturated heterocycles. The summed E-state index contributed by atoms with van der Waals surface area (Å²) in [6.07, 6.45) is 0. The Morgan fingerprint density at radius 2 is 1.64 bits per heavy atom. The van der Waals surface area contributed by atoms with Gasteiger partial charge in [-0.05, 0) is 50.1 Å². The van der Waals surface area contributed by atoms with Crippen molar-refractivity contribution in [3.05, 3.63) is 57.6 Å². The Bertz CT molecular complexity index is 908. The number of carboxylic acid groups (broad SMARTS) is 1. The van der Waals surface area contributed by atoms with Crippen LogP contribution >= 0.6 is 23.2 Å². The second-order valence-corrected chi connectivity index (χ2v) is 8.26. The van der Waals surface area contributed by atoms with Gasteiger partial charge in [-0.15, -0.1) is 0 Å². The van der Waals surface area contributed by atoms with Crippen LogP contribution in [0.5, 0.6) is 0 Å². The normalized spacial score (nSPS) is 12.7. The van der Waals surface area contributed by atoms with Crippen molar-refractivity contribution >= 4 is 44.9 Å². The zero-order valence-electron chi connectivity index (χ0n) is 13.8. The molecule has 0 bridgehead atoms. The molecular weight excluding hydrogens is 385 g/mol. The minimum absolute atomic E-state index is 0.0761. The molecule has 5 nitrogen and oxygen atoms in total. The highest BCUT2D eigenvalue weighted by molar-refractivity contribution is 7.93. The van der Waals surface area contributed by atoms with Crippen molar-refractivity contribution in [3.63, 3.8) is 0 Å². The van der Waals surface area contributed by atoms with Gasteiger partial charge in [-0.25, -0.2) is 13.2 Å². The molecule has 0 fully saturated rings. The molecular formula is C17H17Cl2NO4S. The number of carboxylic acids is 1. The van der Waals surface area contributed by atoms with Crippen LogP contribution in [0.3, 0.4) is 0 Å². The van der Waals surface area contributed by atoms with Crippen LogP contribution in [0.2, 0.25) is 10.0 Å². The van der Waals surface area contributed by atoms with Crippen LogP contribution in [0.25, 0.3) is 0 Å². The van der Waals surface area contributed by atoms with E-state index in [1.165, 1.54) is 25.1 Å². The van der Waals surface area contributed by atoms with Crippen molar-refractivity contribution in [2.75, 3.05) is 4.31 Å². The van der Waals surface area contributed by atoms with Gasteiger partial charge in [0.25, 0.3) is 10.0 Å². The van der Waals surface area contributed by atoms with Gasteiger partial charge in [-0.1, -0.05) is 41.4 Å². The lowest BCUT2D eigenvalue weighted by Crippen LogP contribution is -2.44. The molecule has 0 aliphatic heterocycles. The fraction of sp³-hybridized carbons (Fsp3) is 0.235. The van der Waals surface area contributed by atoms with E-state index in [9.17, 15) is 18.3 Å². The maximum atomic E-state index is 13.2. The number of halogens is 2. The lowest BCUT2D eigenvalue weighted by Gasteiger charge is -2.30. The van der Waals surface area contributed by atoms with Crippen LogP contribution in [0, 0.1) is 13.8 Å². The Hall–Kier alpha value is -1.76. The standard InChI is InChI=1S/C17H17Cl2NO4S/c1-10-5-4-6-11(2)16(10)20(12(3)17(21)22)25(23,24)13-7-8-14(18)15(19)9-13/h4-9,12H,1-3H3,(H,21,22). The van der Waals surface area contributed by atoms with Gasteiger partial charge in [-0.2, -0.15) is 0 Å². The lowest BCUT2D eigenvalue weighted by atomic mass is 10.1. The first-order valence-corrected chi connectivity index (χ1v) is 9.55. The Kier molecular flexibility index (Phi) is 5.66. The number of sulfonamides is 1. The molecule has 1 unspecified atom stereocenters. The van der Waals surface area contributed by atoms with Crippen LogP contribution in [-0.4, -0.2) is 25.5 Å². The summed E-state index contributed by atoms with van der Waals surface area (Å²) >= 11 is 11.8. The van der Waals surface area contributed by atoms with E-state index in [2.05, 4.69) is 0 Å². The summed E-state index contributed by atoms with van der Waals surface area (Å²) in [5.41, 5.74) is 1.64. The molecule has 8 heteroatoms. The van der Waals surface area contributed by atoms with Gasteiger partial charge in [0.1, 0.15) is 6.04 Å². The number of aliphatic carboxylic acids is 1. The molecule has 0 amide bonds. The lowest BCUT2D eigenvalue weighted by molar-refractivity contribution is -0.137. The average Bonchev–Trinajstić information content (AvgIpc) is 2.52. The highest BCUT2D eigenvalue weighted by Gasteiger charge is 2.35. The van der Waals surface area contributed by atoms with Crippen LogP contribution in [0.4, 0.5) is 5.69 Å². The zero-order chi connectivity index (χ0) is 18.9. The molecule has 0 aliphatic carbocycles. The molecule has 0 heterocycles. The molecule has 1 atom stereocenters. The molecule has 0 spiro atoms. The second kappa shape index (κ2) is 7.23. The number of para-hydroxylation sites is 1. The summed E-state index contributed by atoms with van der Waals surface area (Å²) in [5.74, 6) is -1.26. The number of hydrogen-bond donors (Lipinski definition) is 1. The van der Waals surface area contributed by atoms with Crippen LogP contribution in [0.15, 0.2) is 41.3 Å². The third-order valence-corrected chi connectivity index (χ3v) is 6.42. The molecule has 2 rings (SSSR count). The Morgan fingerprint density at radius 3 is 2.12 bits per heavy atom. The van der Waals surface area contributed by atoms with Crippen LogP contribution < -0.4 is 4.31 Å². The predicted octanol–water partition coefficient (Wildman–Crippen LogP) is 4.28. The number of hydrogen-bond acceptors (Lipinski definition) is 3. The van der Waals surface area contributed by atoms with Gasteiger partial charge >= 0.3 is 5.97 Å². The molecule has 134 valence electrons. The first-order valence-electron chi connectivity index (χ1n) is 7.36. The maximum absolute atomic E-state index is 13.2. The van der Waals surface area contributed by atoms with Crippen LogP contribution in [-0.2, 0) is 14.8 Å². The van der Waals surface area contributed by atoms with E-state index >= 15 is 0 Å². The number of rotatable bonds is 5. The summed E-state index contributed by atoms with van der Waals surface area (Å²) < 4.78 is 27.3. The van der Waals surface area contributed by atoms with Gasteiger partial charge in [-0.3, -0.25) is 4.31 Å². The highest BCUT2D eigenvalue weighted by Crippen LogP contribution is 2.34. The molecule has 1 N–H and O–H groups in total. The molecule has 2 aromatic carbocycles. The smallest absolute Gasteiger partial charge is 0.327 e. The van der Waals surface area contributed by atoms with E-state index in [0.717, 1.165) is 4.31 Å². The van der Waals surface area contributed by atoms with Gasteiger partial charge < -0.3 is 5.11 Å². The third kappa shape index (κ3) is 3.76. The second-order valence-electron chi connectivity index (χ2n) is 5.63. The molecule has 2 aromatic rings. The zero-order valence-corrected chi connectivity index (χ0v) is 16.2. The minimum Gasteiger partial charge on any atom is -0.480 e. The topological polar surface area (TPSA) is 74.7 Å². The summed E-state index contributed by atoms with van der Waals surface area (Å²) in [5, 5.41) is 9.74. The van der Waals surface area contributed by atoms with Crippen molar-refractivity contribution in [1.29, 1.82) is 0 Å². The van der Waals surface area contributed by atoms with Crippen LogP contribution in [0.1, 0.15) is 18.1 Å². The number of anilines is 1. The van der Waals surface area contributed by atoms with E-state index in [0.29, 0.717) is 16.8 Å². The fourth-order valence-corrected chi connectivity index (χ4v) is 4.66. The van der Waals surface area contributed by atoms with Crippen molar-refractivity contribution in [2.45, 2.75) is 31.7 Å². The number of aryl methyl sites for hydroxylation is 2. The summed E-state index contributed by atoms with van der Waals surface area (Å²) in [4.78, 5) is 11.5. The van der Waals surface area contributed by atoms with Gasteiger partial charge in [0.2, 0.25) is 0 Å². The summed E-state index contributed by atoms with van der Waals surface area (Å²) in [7, 11) is -4.17. The number of nitrogens with zero attached hydrogens (tertiary/aromatic N) is 1. The van der Waals surface area contributed by atoms with Gasteiger partial charge in [0, 0.05) is 0 Å². The predicted molar refractivity (Wildman–Crippen MR) is 99.1 cm³/mol. The molecule has 25 heavy (non-hydrogen) atoms. The first kappa shape index (κ1) is 19.6. The van der Waals surface area contributed by atoms with E-state index in [1.54, 1.807) is 32.0 Å². The highest BCUT2D eigenvalue weighted by atomic mass is 35.5. The number of carbonyl (C=O) groups is 1. The van der Waals surface area contributed by atoms with E-state index < -0.39 is 22.0 Å². The van der Waals surface area contributed by atoms with E-state index in [-0.39, 0.29) is 14.9 Å². The van der Waals surface area contributed by atoms with E-state index in [4.69, 9.17) is 23.2 Å².